The number of hydrogen-bond donors (Lipinski definition) is 1. The first-order chi connectivity index (χ1) is 15.9. The van der Waals surface area contributed by atoms with Crippen LogP contribution in [0.2, 0.25) is 0 Å². The molecule has 10 heteroatoms. The second-order valence-electron chi connectivity index (χ2n) is 9.55. The molecule has 8 nitrogen and oxygen atoms in total. The molecular weight excluding hydrogens is 428 g/mol. The molecule has 1 aliphatic heterocycles. The van der Waals surface area contributed by atoms with Gasteiger partial charge in [0, 0.05) is 43.0 Å². The number of amides is 1. The molecule has 3 aromatic heterocycles. The number of carbonyl (C=O) groups excluding carboxylic acids is 1. The Bertz CT molecular complexity index is 1220. The number of aryl methyl sites for hydroxylation is 1. The first kappa shape index (κ1) is 20.3. The van der Waals surface area contributed by atoms with Crippen molar-refractivity contribution in [1.82, 2.24) is 29.6 Å². The first-order valence-corrected chi connectivity index (χ1v) is 11.3. The summed E-state index contributed by atoms with van der Waals surface area (Å²) in [5.74, 6) is 0.358. The van der Waals surface area contributed by atoms with Crippen molar-refractivity contribution in [3.05, 3.63) is 59.1 Å². The molecule has 3 aliphatic rings. The fourth-order valence-electron chi connectivity index (χ4n) is 5.02. The van der Waals surface area contributed by atoms with E-state index in [1.807, 2.05) is 11.6 Å². The predicted molar refractivity (Wildman–Crippen MR) is 116 cm³/mol. The molecule has 4 heterocycles. The van der Waals surface area contributed by atoms with E-state index in [1.54, 1.807) is 24.7 Å². The standard InChI is InChI=1S/C23H25F2N7O/c1-30-13-26-20-16(3-4-17(20)30)28-22(33)15-8-27-32(10-15)9-14-2-5-18(29-19(14)21(24)25)31-11-23(12-31)6-7-23/h2,5,8,10,13,16,21H,3-4,6-7,9,11-12H2,1H3,(H,28,33)/t16-/m1/s1. The van der Waals surface area contributed by atoms with Gasteiger partial charge in [-0.3, -0.25) is 9.48 Å². The van der Waals surface area contributed by atoms with Crippen LogP contribution in [0.1, 0.15) is 64.7 Å². The van der Waals surface area contributed by atoms with Gasteiger partial charge in [-0.1, -0.05) is 6.07 Å². The molecule has 1 saturated heterocycles. The summed E-state index contributed by atoms with van der Waals surface area (Å²) in [6.45, 7) is 1.93. The van der Waals surface area contributed by atoms with Crippen molar-refractivity contribution in [2.24, 2.45) is 12.5 Å². The molecule has 1 saturated carbocycles. The van der Waals surface area contributed by atoms with Gasteiger partial charge in [0.05, 0.1) is 36.4 Å². The maximum Gasteiger partial charge on any atom is 0.280 e. The Morgan fingerprint density at radius 3 is 2.88 bits per heavy atom. The summed E-state index contributed by atoms with van der Waals surface area (Å²) < 4.78 is 31.0. The number of hydrogen-bond acceptors (Lipinski definition) is 5. The lowest BCUT2D eigenvalue weighted by Crippen LogP contribution is -2.49. The summed E-state index contributed by atoms with van der Waals surface area (Å²) in [5, 5.41) is 7.23. The zero-order valence-corrected chi connectivity index (χ0v) is 18.3. The van der Waals surface area contributed by atoms with Gasteiger partial charge in [0.15, 0.2) is 0 Å². The molecule has 172 valence electrons. The largest absolute Gasteiger partial charge is 0.355 e. The molecule has 0 bridgehead atoms. The molecule has 0 radical (unpaired) electrons. The molecule has 33 heavy (non-hydrogen) atoms. The van der Waals surface area contributed by atoms with Gasteiger partial charge in [-0.2, -0.15) is 5.10 Å². The zero-order chi connectivity index (χ0) is 22.7. The van der Waals surface area contributed by atoms with Gasteiger partial charge >= 0.3 is 0 Å². The average molecular weight is 453 g/mol. The molecule has 3 aromatic rings. The second kappa shape index (κ2) is 7.36. The maximum absolute atomic E-state index is 13.8. The number of carbonyl (C=O) groups is 1. The summed E-state index contributed by atoms with van der Waals surface area (Å²) in [5.41, 5.74) is 3.03. The van der Waals surface area contributed by atoms with Crippen LogP contribution in [0.3, 0.4) is 0 Å². The van der Waals surface area contributed by atoms with Gasteiger partial charge in [0.1, 0.15) is 11.5 Å². The summed E-state index contributed by atoms with van der Waals surface area (Å²) in [4.78, 5) is 23.5. The second-order valence-corrected chi connectivity index (χ2v) is 9.55. The monoisotopic (exact) mass is 453 g/mol. The summed E-state index contributed by atoms with van der Waals surface area (Å²) >= 11 is 0. The van der Waals surface area contributed by atoms with Crippen LogP contribution in [0, 0.1) is 5.41 Å². The van der Waals surface area contributed by atoms with Crippen molar-refractivity contribution < 1.29 is 13.6 Å². The number of imidazole rings is 1. The molecule has 0 aromatic carbocycles. The summed E-state index contributed by atoms with van der Waals surface area (Å²) in [7, 11) is 1.95. The Balaban J connectivity index is 1.15. The Kier molecular flexibility index (Phi) is 4.53. The molecule has 1 spiro atoms. The number of aromatic nitrogens is 5. The lowest BCUT2D eigenvalue weighted by molar-refractivity contribution is 0.0936. The predicted octanol–water partition coefficient (Wildman–Crippen LogP) is 3.02. The first-order valence-electron chi connectivity index (χ1n) is 11.3. The van der Waals surface area contributed by atoms with Crippen molar-refractivity contribution in [2.45, 2.75) is 44.7 Å². The van der Waals surface area contributed by atoms with E-state index in [2.05, 4.69) is 25.3 Å². The topological polar surface area (TPSA) is 80.9 Å². The molecule has 1 amide bonds. The van der Waals surface area contributed by atoms with E-state index < -0.39 is 6.43 Å². The summed E-state index contributed by atoms with van der Waals surface area (Å²) in [6.07, 6.45) is 6.25. The van der Waals surface area contributed by atoms with Gasteiger partial charge < -0.3 is 14.8 Å². The molecule has 0 unspecified atom stereocenters. The van der Waals surface area contributed by atoms with E-state index in [-0.39, 0.29) is 24.2 Å². The number of rotatable bonds is 6. The fourth-order valence-corrected chi connectivity index (χ4v) is 5.02. The van der Waals surface area contributed by atoms with E-state index in [4.69, 9.17) is 0 Å². The highest BCUT2D eigenvalue weighted by Crippen LogP contribution is 2.53. The van der Waals surface area contributed by atoms with Gasteiger partial charge in [-0.25, -0.2) is 18.7 Å². The third kappa shape index (κ3) is 3.57. The number of pyridine rings is 1. The van der Waals surface area contributed by atoms with Crippen molar-refractivity contribution in [3.8, 4) is 0 Å². The quantitative estimate of drug-likeness (QED) is 0.621. The van der Waals surface area contributed by atoms with Crippen molar-refractivity contribution in [1.29, 1.82) is 0 Å². The minimum atomic E-state index is -2.68. The summed E-state index contributed by atoms with van der Waals surface area (Å²) in [6, 6.07) is 3.37. The molecule has 2 aliphatic carbocycles. The molecule has 1 N–H and O–H groups in total. The van der Waals surface area contributed by atoms with E-state index >= 15 is 0 Å². The number of fused-ring (bicyclic) bond motifs is 1. The highest BCUT2D eigenvalue weighted by atomic mass is 19.3. The normalized spacial score (nSPS) is 20.2. The van der Waals surface area contributed by atoms with Crippen molar-refractivity contribution in [3.63, 3.8) is 0 Å². The van der Waals surface area contributed by atoms with E-state index in [9.17, 15) is 13.6 Å². The average Bonchev–Trinajstić information content (AvgIpc) is 3.08. The minimum Gasteiger partial charge on any atom is -0.355 e. The minimum absolute atomic E-state index is 0.123. The number of nitrogens with one attached hydrogen (secondary N) is 1. The number of alkyl halides is 2. The highest BCUT2D eigenvalue weighted by Gasteiger charge is 2.52. The lowest BCUT2D eigenvalue weighted by atomic mass is 9.97. The van der Waals surface area contributed by atoms with Gasteiger partial charge in [-0.15, -0.1) is 0 Å². The Morgan fingerprint density at radius 1 is 1.30 bits per heavy atom. The zero-order valence-electron chi connectivity index (χ0n) is 18.3. The van der Waals surface area contributed by atoms with Crippen LogP contribution in [0.5, 0.6) is 0 Å². The third-order valence-corrected chi connectivity index (χ3v) is 7.16. The van der Waals surface area contributed by atoms with E-state index in [1.165, 1.54) is 23.7 Å². The maximum atomic E-state index is 13.8. The van der Waals surface area contributed by atoms with Crippen LogP contribution in [-0.4, -0.2) is 43.3 Å². The lowest BCUT2D eigenvalue weighted by Gasteiger charge is -2.41. The molecule has 2 fully saturated rings. The number of nitrogens with zero attached hydrogens (tertiary/aromatic N) is 6. The van der Waals surface area contributed by atoms with E-state index in [0.717, 1.165) is 37.3 Å². The van der Waals surface area contributed by atoms with Crippen LogP contribution in [0.25, 0.3) is 0 Å². The van der Waals surface area contributed by atoms with Crippen molar-refractivity contribution in [2.75, 3.05) is 18.0 Å². The van der Waals surface area contributed by atoms with Crippen LogP contribution < -0.4 is 10.2 Å². The Morgan fingerprint density at radius 2 is 2.12 bits per heavy atom. The molecular formula is C23H25F2N7O. The van der Waals surface area contributed by atoms with Crippen molar-refractivity contribution >= 4 is 11.7 Å². The Hall–Kier alpha value is -3.30. The Labute approximate surface area is 189 Å². The smallest absolute Gasteiger partial charge is 0.280 e. The van der Waals surface area contributed by atoms with Crippen LogP contribution >= 0.6 is 0 Å². The third-order valence-electron chi connectivity index (χ3n) is 7.16. The van der Waals surface area contributed by atoms with Gasteiger partial charge in [0.2, 0.25) is 0 Å². The highest BCUT2D eigenvalue weighted by molar-refractivity contribution is 5.94. The molecule has 6 rings (SSSR count). The SMILES string of the molecule is Cn1cnc2c1CC[C@H]2NC(=O)c1cnn(Cc2ccc(N3CC4(CC4)C3)nc2C(F)F)c1. The van der Waals surface area contributed by atoms with Crippen LogP contribution in [0.15, 0.2) is 30.9 Å². The van der Waals surface area contributed by atoms with Crippen LogP contribution in [-0.2, 0) is 20.0 Å². The van der Waals surface area contributed by atoms with Crippen LogP contribution in [0.4, 0.5) is 14.6 Å². The number of anilines is 1. The number of halogens is 2. The molecule has 1 atom stereocenters. The van der Waals surface area contributed by atoms with Gasteiger partial charge in [0.25, 0.3) is 12.3 Å². The van der Waals surface area contributed by atoms with Gasteiger partial charge in [-0.05, 0) is 31.7 Å². The van der Waals surface area contributed by atoms with E-state index in [0.29, 0.717) is 22.4 Å². The fraction of sp³-hybridized carbons (Fsp3) is 0.478.